The highest BCUT2D eigenvalue weighted by Crippen LogP contribution is 2.41. The van der Waals surface area contributed by atoms with Crippen LogP contribution in [0.2, 0.25) is 0 Å². The molecule has 5 unspecified atom stereocenters. The first-order valence-electron chi connectivity index (χ1n) is 8.49. The summed E-state index contributed by atoms with van der Waals surface area (Å²) in [5.74, 6) is 3.84. The molecule has 5 heteroatoms. The van der Waals surface area contributed by atoms with Crippen LogP contribution in [-0.4, -0.2) is 36.4 Å². The first kappa shape index (κ1) is 16.4. The molecule has 1 aliphatic carbocycles. The minimum atomic E-state index is 0.469. The van der Waals surface area contributed by atoms with E-state index in [1.54, 1.807) is 24.1 Å². The molecule has 122 valence electrons. The van der Waals surface area contributed by atoms with Crippen molar-refractivity contribution in [3.05, 3.63) is 0 Å². The molecule has 0 aromatic heterocycles. The van der Waals surface area contributed by atoms with Gasteiger partial charge >= 0.3 is 0 Å². The van der Waals surface area contributed by atoms with E-state index < -0.39 is 0 Å². The van der Waals surface area contributed by atoms with Crippen LogP contribution in [-0.2, 0) is 13.1 Å². The highest BCUT2D eigenvalue weighted by atomic mass is 32.2. The van der Waals surface area contributed by atoms with Gasteiger partial charge in [-0.25, -0.2) is 3.63 Å². The highest BCUT2D eigenvalue weighted by Gasteiger charge is 2.43. The Morgan fingerprint density at radius 1 is 0.952 bits per heavy atom. The Kier molecular flexibility index (Phi) is 6.60. The fraction of sp³-hybridized carbons (Fsp3) is 1.00. The molecule has 21 heavy (non-hydrogen) atoms. The molecule has 0 aromatic rings. The quantitative estimate of drug-likeness (QED) is 0.372. The highest BCUT2D eigenvalue weighted by molar-refractivity contribution is 8.07. The summed E-state index contributed by atoms with van der Waals surface area (Å²) in [5, 5.41) is 0. The standard InChI is InChI=1S/C16H28O3S2/c1-12-2-3-14(11-17-12)7-9-21-19-20-8-6-13-4-5-15-16(10-13)18-15/h12-16H,2-11H2,1H3. The van der Waals surface area contributed by atoms with Crippen LogP contribution in [0.4, 0.5) is 0 Å². The Morgan fingerprint density at radius 2 is 1.71 bits per heavy atom. The van der Waals surface area contributed by atoms with E-state index in [1.807, 2.05) is 0 Å². The van der Waals surface area contributed by atoms with Crippen LogP contribution >= 0.6 is 24.1 Å². The van der Waals surface area contributed by atoms with E-state index >= 15 is 0 Å². The van der Waals surface area contributed by atoms with Crippen LogP contribution in [0.3, 0.4) is 0 Å². The lowest BCUT2D eigenvalue weighted by atomic mass is 9.88. The lowest BCUT2D eigenvalue weighted by molar-refractivity contribution is -0.00546. The summed E-state index contributed by atoms with van der Waals surface area (Å²) in [6.45, 7) is 3.12. The zero-order valence-corrected chi connectivity index (χ0v) is 14.6. The second kappa shape index (κ2) is 8.44. The second-order valence-electron chi connectivity index (χ2n) is 6.77. The monoisotopic (exact) mass is 332 g/mol. The molecular weight excluding hydrogens is 304 g/mol. The van der Waals surface area contributed by atoms with Crippen molar-refractivity contribution in [1.29, 1.82) is 0 Å². The average molecular weight is 333 g/mol. The van der Waals surface area contributed by atoms with Gasteiger partial charge in [0.1, 0.15) is 0 Å². The van der Waals surface area contributed by atoms with Crippen molar-refractivity contribution < 1.29 is 13.1 Å². The van der Waals surface area contributed by atoms with E-state index in [0.717, 1.165) is 29.9 Å². The lowest BCUT2D eigenvalue weighted by Crippen LogP contribution is -2.23. The van der Waals surface area contributed by atoms with E-state index in [2.05, 4.69) is 6.92 Å². The summed E-state index contributed by atoms with van der Waals surface area (Å²) in [7, 11) is 0. The molecule has 2 aliphatic heterocycles. The fourth-order valence-electron chi connectivity index (χ4n) is 3.45. The topological polar surface area (TPSA) is 31.0 Å². The molecule has 0 N–H and O–H groups in total. The molecule has 1 saturated carbocycles. The zero-order valence-electron chi connectivity index (χ0n) is 13.0. The first-order chi connectivity index (χ1) is 10.3. The van der Waals surface area contributed by atoms with Gasteiger partial charge in [-0.2, -0.15) is 0 Å². The van der Waals surface area contributed by atoms with Gasteiger partial charge < -0.3 is 9.47 Å². The van der Waals surface area contributed by atoms with E-state index in [4.69, 9.17) is 13.1 Å². The van der Waals surface area contributed by atoms with Crippen molar-refractivity contribution in [2.24, 2.45) is 11.8 Å². The number of epoxide rings is 1. The minimum Gasteiger partial charge on any atom is -0.378 e. The molecule has 3 aliphatic rings. The van der Waals surface area contributed by atoms with Crippen LogP contribution in [0.15, 0.2) is 0 Å². The van der Waals surface area contributed by atoms with Crippen LogP contribution in [0.5, 0.6) is 0 Å². The third-order valence-electron chi connectivity index (χ3n) is 5.03. The molecule has 2 heterocycles. The number of ether oxygens (including phenoxy) is 2. The predicted molar refractivity (Wildman–Crippen MR) is 89.4 cm³/mol. The zero-order chi connectivity index (χ0) is 14.5. The molecule has 0 spiro atoms. The summed E-state index contributed by atoms with van der Waals surface area (Å²) >= 11 is 3.27. The summed E-state index contributed by atoms with van der Waals surface area (Å²) < 4.78 is 16.9. The Labute approximate surface area is 137 Å². The Hall–Kier alpha value is 0.580. The maximum absolute atomic E-state index is 5.70. The van der Waals surface area contributed by atoms with Crippen molar-refractivity contribution >= 4 is 24.1 Å². The molecule has 5 atom stereocenters. The maximum Gasteiger partial charge on any atom is 0.0844 e. The molecule has 0 aromatic carbocycles. The number of fused-ring (bicyclic) bond motifs is 1. The molecular formula is C16H28O3S2. The molecule has 0 radical (unpaired) electrons. The number of hydrogen-bond donors (Lipinski definition) is 0. The Balaban J connectivity index is 1.12. The van der Waals surface area contributed by atoms with Crippen molar-refractivity contribution in [3.63, 3.8) is 0 Å². The van der Waals surface area contributed by atoms with Crippen LogP contribution in [0.1, 0.15) is 51.9 Å². The third kappa shape index (κ3) is 5.61. The number of rotatable bonds is 8. The van der Waals surface area contributed by atoms with Gasteiger partial charge in [-0.05, 0) is 63.7 Å². The SMILES string of the molecule is CC1CCC(CCSOSCCC2CCC3OC3C2)CO1. The molecule has 3 rings (SSSR count). The Bertz CT molecular complexity index is 308. The normalized spacial score (nSPS) is 39.0. The minimum absolute atomic E-state index is 0.469. The predicted octanol–water partition coefficient (Wildman–Crippen LogP) is 4.46. The van der Waals surface area contributed by atoms with Gasteiger partial charge in [0.05, 0.1) is 18.3 Å². The van der Waals surface area contributed by atoms with Crippen LogP contribution in [0.25, 0.3) is 0 Å². The van der Waals surface area contributed by atoms with Crippen molar-refractivity contribution in [3.8, 4) is 0 Å². The van der Waals surface area contributed by atoms with Gasteiger partial charge in [0.2, 0.25) is 0 Å². The van der Waals surface area contributed by atoms with Gasteiger partial charge in [0.25, 0.3) is 0 Å². The van der Waals surface area contributed by atoms with Crippen molar-refractivity contribution in [2.75, 3.05) is 18.1 Å². The average Bonchev–Trinajstić information content (AvgIpc) is 3.27. The van der Waals surface area contributed by atoms with E-state index in [-0.39, 0.29) is 0 Å². The van der Waals surface area contributed by atoms with Gasteiger partial charge in [0.15, 0.2) is 0 Å². The summed E-state index contributed by atoms with van der Waals surface area (Å²) in [6, 6.07) is 0. The summed E-state index contributed by atoms with van der Waals surface area (Å²) in [6.07, 6.45) is 10.7. The van der Waals surface area contributed by atoms with Gasteiger partial charge in [-0.3, -0.25) is 0 Å². The van der Waals surface area contributed by atoms with Gasteiger partial charge in [0, 0.05) is 42.2 Å². The van der Waals surface area contributed by atoms with Crippen molar-refractivity contribution in [2.45, 2.75) is 70.2 Å². The van der Waals surface area contributed by atoms with Gasteiger partial charge in [-0.15, -0.1) is 0 Å². The second-order valence-corrected chi connectivity index (χ2v) is 8.60. The third-order valence-corrected chi connectivity index (χ3v) is 6.60. The molecule has 0 amide bonds. The summed E-state index contributed by atoms with van der Waals surface area (Å²) in [5.41, 5.74) is 0. The largest absolute Gasteiger partial charge is 0.378 e. The fourth-order valence-corrected chi connectivity index (χ4v) is 5.12. The maximum atomic E-state index is 5.70. The molecule has 2 saturated heterocycles. The molecule has 0 bridgehead atoms. The van der Waals surface area contributed by atoms with E-state index in [9.17, 15) is 0 Å². The molecule has 3 nitrogen and oxygen atoms in total. The lowest BCUT2D eigenvalue weighted by Gasteiger charge is -2.26. The Morgan fingerprint density at radius 3 is 2.43 bits per heavy atom. The van der Waals surface area contributed by atoms with Crippen LogP contribution in [0, 0.1) is 11.8 Å². The smallest absolute Gasteiger partial charge is 0.0844 e. The van der Waals surface area contributed by atoms with Crippen LogP contribution < -0.4 is 0 Å². The van der Waals surface area contributed by atoms with E-state index in [1.165, 1.54) is 44.9 Å². The van der Waals surface area contributed by atoms with Gasteiger partial charge in [-0.1, -0.05) is 0 Å². The number of hydrogen-bond acceptors (Lipinski definition) is 5. The molecule has 3 fully saturated rings. The van der Waals surface area contributed by atoms with Crippen molar-refractivity contribution in [1.82, 2.24) is 0 Å². The first-order valence-corrected chi connectivity index (χ1v) is 10.3. The van der Waals surface area contributed by atoms with E-state index in [0.29, 0.717) is 18.3 Å². The summed E-state index contributed by atoms with van der Waals surface area (Å²) in [4.78, 5) is 0.